The lowest BCUT2D eigenvalue weighted by Crippen LogP contribution is -2.18. The summed E-state index contributed by atoms with van der Waals surface area (Å²) in [5, 5.41) is 0. The molecule has 0 aliphatic carbocycles. The van der Waals surface area contributed by atoms with Gasteiger partial charge in [-0.2, -0.15) is 0 Å². The van der Waals surface area contributed by atoms with Crippen LogP contribution in [0.5, 0.6) is 0 Å². The first-order valence-corrected chi connectivity index (χ1v) is 7.23. The number of hydrogen-bond acceptors (Lipinski definition) is 4. The fourth-order valence-electron chi connectivity index (χ4n) is 0.988. The highest BCUT2D eigenvalue weighted by Crippen LogP contribution is 2.15. The SMILES string of the molecule is O=S1(=O)CCCCCS1(=O)=O. The Morgan fingerprint density at radius 3 is 1.36 bits per heavy atom. The molecule has 0 radical (unpaired) electrons. The van der Waals surface area contributed by atoms with E-state index in [2.05, 4.69) is 0 Å². The second kappa shape index (κ2) is 2.75. The van der Waals surface area contributed by atoms with Gasteiger partial charge in [0.25, 0.3) is 17.7 Å². The van der Waals surface area contributed by atoms with Gasteiger partial charge in [0.15, 0.2) is 0 Å². The molecule has 0 atom stereocenters. The quantitative estimate of drug-likeness (QED) is 0.510. The van der Waals surface area contributed by atoms with Crippen LogP contribution in [-0.4, -0.2) is 28.3 Å². The largest absolute Gasteiger partial charge is 0.253 e. The zero-order chi connectivity index (χ0) is 8.54. The van der Waals surface area contributed by atoms with Gasteiger partial charge in [-0.15, -0.1) is 0 Å². The summed E-state index contributed by atoms with van der Waals surface area (Å²) in [5.74, 6) is -0.398. The van der Waals surface area contributed by atoms with Crippen LogP contribution in [0.15, 0.2) is 0 Å². The van der Waals surface area contributed by atoms with Crippen LogP contribution in [0.25, 0.3) is 0 Å². The van der Waals surface area contributed by atoms with Gasteiger partial charge in [-0.25, -0.2) is 16.8 Å². The average Bonchev–Trinajstić information content (AvgIpc) is 1.94. The van der Waals surface area contributed by atoms with Gasteiger partial charge in [0.05, 0.1) is 11.5 Å². The molecular weight excluding hydrogens is 188 g/mol. The van der Waals surface area contributed by atoms with Crippen molar-refractivity contribution in [2.24, 2.45) is 0 Å². The van der Waals surface area contributed by atoms with Crippen LogP contribution in [0, 0.1) is 0 Å². The van der Waals surface area contributed by atoms with Crippen LogP contribution in [0.3, 0.4) is 0 Å². The normalized spacial score (nSPS) is 29.1. The van der Waals surface area contributed by atoms with Gasteiger partial charge >= 0.3 is 0 Å². The molecule has 0 bridgehead atoms. The van der Waals surface area contributed by atoms with Crippen LogP contribution >= 0.6 is 0 Å². The second-order valence-electron chi connectivity index (χ2n) is 2.58. The molecule has 0 saturated carbocycles. The van der Waals surface area contributed by atoms with Crippen molar-refractivity contribution in [1.82, 2.24) is 0 Å². The van der Waals surface area contributed by atoms with E-state index in [1.165, 1.54) is 0 Å². The van der Waals surface area contributed by atoms with Crippen molar-refractivity contribution in [2.75, 3.05) is 11.5 Å². The Hall–Kier alpha value is -0.100. The average molecular weight is 198 g/mol. The van der Waals surface area contributed by atoms with Crippen molar-refractivity contribution < 1.29 is 16.8 Å². The van der Waals surface area contributed by atoms with Gasteiger partial charge in [0.1, 0.15) is 0 Å². The molecule has 6 heteroatoms. The van der Waals surface area contributed by atoms with Crippen LogP contribution < -0.4 is 0 Å². The number of rotatable bonds is 0. The summed E-state index contributed by atoms with van der Waals surface area (Å²) in [6, 6.07) is 0. The van der Waals surface area contributed by atoms with E-state index >= 15 is 0 Å². The summed E-state index contributed by atoms with van der Waals surface area (Å²) in [4.78, 5) is 0. The van der Waals surface area contributed by atoms with Gasteiger partial charge in [0.2, 0.25) is 0 Å². The fraction of sp³-hybridized carbons (Fsp3) is 1.00. The maximum atomic E-state index is 10.9. The fourth-order valence-corrected chi connectivity index (χ4v) is 4.84. The molecule has 11 heavy (non-hydrogen) atoms. The van der Waals surface area contributed by atoms with Crippen molar-refractivity contribution in [3.8, 4) is 0 Å². The maximum absolute atomic E-state index is 10.9. The Morgan fingerprint density at radius 1 is 0.636 bits per heavy atom. The molecule has 0 N–H and O–H groups in total. The Kier molecular flexibility index (Phi) is 2.24. The third-order valence-electron chi connectivity index (χ3n) is 1.68. The summed E-state index contributed by atoms with van der Waals surface area (Å²) in [7, 11) is -7.65. The van der Waals surface area contributed by atoms with Gasteiger partial charge in [-0.05, 0) is 12.8 Å². The van der Waals surface area contributed by atoms with Crippen molar-refractivity contribution in [1.29, 1.82) is 0 Å². The van der Waals surface area contributed by atoms with Gasteiger partial charge in [-0.3, -0.25) is 0 Å². The molecule has 0 aromatic heterocycles. The molecule has 0 unspecified atom stereocenters. The van der Waals surface area contributed by atoms with E-state index in [1.54, 1.807) is 0 Å². The third kappa shape index (κ3) is 1.73. The zero-order valence-corrected chi connectivity index (χ0v) is 7.62. The lowest BCUT2D eigenvalue weighted by Gasteiger charge is -1.97. The van der Waals surface area contributed by atoms with Gasteiger partial charge in [-0.1, -0.05) is 6.42 Å². The van der Waals surface area contributed by atoms with E-state index in [-0.39, 0.29) is 11.5 Å². The van der Waals surface area contributed by atoms with E-state index in [1.807, 2.05) is 0 Å². The molecule has 4 nitrogen and oxygen atoms in total. The Labute approximate surface area is 65.8 Å². The van der Waals surface area contributed by atoms with E-state index in [0.717, 1.165) is 0 Å². The van der Waals surface area contributed by atoms with E-state index in [0.29, 0.717) is 19.3 Å². The summed E-state index contributed by atoms with van der Waals surface area (Å²) in [6.45, 7) is 0. The van der Waals surface area contributed by atoms with Crippen molar-refractivity contribution in [3.05, 3.63) is 0 Å². The van der Waals surface area contributed by atoms with Crippen molar-refractivity contribution >= 4 is 17.7 Å². The Balaban J connectivity index is 3.12. The van der Waals surface area contributed by atoms with Crippen LogP contribution in [-0.2, 0) is 17.7 Å². The Morgan fingerprint density at radius 2 is 1.00 bits per heavy atom. The molecule has 1 heterocycles. The van der Waals surface area contributed by atoms with Gasteiger partial charge < -0.3 is 0 Å². The monoisotopic (exact) mass is 198 g/mol. The molecule has 0 aromatic carbocycles. The minimum atomic E-state index is -3.83. The first-order chi connectivity index (χ1) is 4.96. The zero-order valence-electron chi connectivity index (χ0n) is 5.99. The summed E-state index contributed by atoms with van der Waals surface area (Å²) >= 11 is 0. The van der Waals surface area contributed by atoms with E-state index < -0.39 is 17.7 Å². The predicted molar refractivity (Wildman–Crippen MR) is 41.4 cm³/mol. The number of hydrogen-bond donors (Lipinski definition) is 0. The molecule has 1 saturated heterocycles. The summed E-state index contributed by atoms with van der Waals surface area (Å²) in [6.07, 6.45) is 1.64. The van der Waals surface area contributed by atoms with Crippen LogP contribution in [0.4, 0.5) is 0 Å². The third-order valence-corrected chi connectivity index (χ3v) is 7.35. The summed E-state index contributed by atoms with van der Waals surface area (Å²) < 4.78 is 43.7. The molecule has 1 aliphatic heterocycles. The molecular formula is C5H10O4S2. The Bertz CT molecular complexity index is 289. The second-order valence-corrected chi connectivity index (χ2v) is 8.68. The van der Waals surface area contributed by atoms with Crippen LogP contribution in [0.1, 0.15) is 19.3 Å². The standard InChI is InChI=1S/C5H10O4S2/c6-10(7)4-2-1-3-5-11(10,8)9/h1-5H2. The van der Waals surface area contributed by atoms with E-state index in [4.69, 9.17) is 0 Å². The van der Waals surface area contributed by atoms with Crippen LogP contribution in [0.2, 0.25) is 0 Å². The first kappa shape index (κ1) is 8.99. The first-order valence-electron chi connectivity index (χ1n) is 3.41. The molecule has 1 aliphatic rings. The smallest absolute Gasteiger partial charge is 0.213 e. The molecule has 1 fully saturated rings. The highest BCUT2D eigenvalue weighted by atomic mass is 33.2. The minimum absolute atomic E-state index is 0.199. The molecule has 0 amide bonds. The predicted octanol–water partition coefficient (Wildman–Crippen LogP) is -0.0851. The van der Waals surface area contributed by atoms with Crippen molar-refractivity contribution in [2.45, 2.75) is 19.3 Å². The molecule has 0 aromatic rings. The minimum Gasteiger partial charge on any atom is -0.213 e. The maximum Gasteiger partial charge on any atom is 0.253 e. The summed E-state index contributed by atoms with van der Waals surface area (Å²) in [5.41, 5.74) is 0. The van der Waals surface area contributed by atoms with Gasteiger partial charge in [0, 0.05) is 0 Å². The molecule has 66 valence electrons. The molecule has 1 rings (SSSR count). The van der Waals surface area contributed by atoms with Crippen molar-refractivity contribution in [3.63, 3.8) is 0 Å². The van der Waals surface area contributed by atoms with E-state index in [9.17, 15) is 16.8 Å². The highest BCUT2D eigenvalue weighted by Gasteiger charge is 2.30. The highest BCUT2D eigenvalue weighted by molar-refractivity contribution is 8.67. The topological polar surface area (TPSA) is 68.3 Å². The lowest BCUT2D eigenvalue weighted by atomic mass is 10.3. The molecule has 0 spiro atoms. The lowest BCUT2D eigenvalue weighted by molar-refractivity contribution is 0.584.